The van der Waals surface area contributed by atoms with Crippen LogP contribution in [-0.4, -0.2) is 42.8 Å². The third-order valence-electron chi connectivity index (χ3n) is 3.66. The Bertz CT molecular complexity index is 418. The van der Waals surface area contributed by atoms with E-state index in [-0.39, 0.29) is 0 Å². The van der Waals surface area contributed by atoms with E-state index in [1.54, 1.807) is 7.11 Å². The molecule has 1 aromatic rings. The van der Waals surface area contributed by atoms with Crippen LogP contribution in [0.5, 0.6) is 5.88 Å². The first kappa shape index (κ1) is 15.0. The second-order valence-electron chi connectivity index (χ2n) is 5.44. The third kappa shape index (κ3) is 4.07. The van der Waals surface area contributed by atoms with Crippen LogP contribution >= 0.6 is 0 Å². The summed E-state index contributed by atoms with van der Waals surface area (Å²) in [4.78, 5) is 11.4. The summed E-state index contributed by atoms with van der Waals surface area (Å²) in [6, 6.07) is 2.41. The summed E-state index contributed by atoms with van der Waals surface area (Å²) < 4.78 is 5.26. The zero-order valence-corrected chi connectivity index (χ0v) is 12.9. The SMILES string of the molecule is CCCN(CC1CCCCN1)c1nc(C)cc(OC)n1. The lowest BCUT2D eigenvalue weighted by molar-refractivity contribution is 0.389. The Kier molecular flexibility index (Phi) is 5.59. The molecule has 1 fully saturated rings. The summed E-state index contributed by atoms with van der Waals surface area (Å²) in [5, 5.41) is 3.59. The largest absolute Gasteiger partial charge is 0.481 e. The molecule has 0 radical (unpaired) electrons. The van der Waals surface area contributed by atoms with Crippen molar-refractivity contribution >= 4 is 5.95 Å². The summed E-state index contributed by atoms with van der Waals surface area (Å²) in [5.41, 5.74) is 0.949. The number of methoxy groups -OCH3 is 1. The van der Waals surface area contributed by atoms with Crippen LogP contribution in [-0.2, 0) is 0 Å². The Morgan fingerprint density at radius 1 is 1.40 bits per heavy atom. The van der Waals surface area contributed by atoms with Crippen LogP contribution in [0.3, 0.4) is 0 Å². The fourth-order valence-electron chi connectivity index (χ4n) is 2.66. The lowest BCUT2D eigenvalue weighted by Gasteiger charge is -2.30. The van der Waals surface area contributed by atoms with Gasteiger partial charge in [-0.15, -0.1) is 0 Å². The minimum atomic E-state index is 0.547. The average Bonchev–Trinajstić information content (AvgIpc) is 2.47. The van der Waals surface area contributed by atoms with Crippen molar-refractivity contribution in [2.75, 3.05) is 31.6 Å². The van der Waals surface area contributed by atoms with Gasteiger partial charge in [-0.2, -0.15) is 4.98 Å². The van der Waals surface area contributed by atoms with Gasteiger partial charge < -0.3 is 15.0 Å². The molecule has 20 heavy (non-hydrogen) atoms. The maximum atomic E-state index is 5.26. The minimum Gasteiger partial charge on any atom is -0.481 e. The molecule has 0 aromatic carbocycles. The summed E-state index contributed by atoms with van der Waals surface area (Å²) in [5.74, 6) is 1.43. The van der Waals surface area contributed by atoms with E-state index in [0.29, 0.717) is 11.9 Å². The first-order valence-corrected chi connectivity index (χ1v) is 7.61. The van der Waals surface area contributed by atoms with Gasteiger partial charge in [-0.25, -0.2) is 4.98 Å². The normalized spacial score (nSPS) is 18.9. The van der Waals surface area contributed by atoms with Gasteiger partial charge in [0.1, 0.15) is 0 Å². The summed E-state index contributed by atoms with van der Waals surface area (Å²) in [6.07, 6.45) is 4.93. The predicted octanol–water partition coefficient (Wildman–Crippen LogP) is 2.15. The topological polar surface area (TPSA) is 50.3 Å². The van der Waals surface area contributed by atoms with E-state index in [1.165, 1.54) is 19.3 Å². The number of piperidine rings is 1. The van der Waals surface area contributed by atoms with Crippen LogP contribution in [0.25, 0.3) is 0 Å². The van der Waals surface area contributed by atoms with Crippen LogP contribution < -0.4 is 15.0 Å². The van der Waals surface area contributed by atoms with Crippen molar-refractivity contribution in [2.24, 2.45) is 0 Å². The van der Waals surface area contributed by atoms with Gasteiger partial charge in [0.05, 0.1) is 7.11 Å². The van der Waals surface area contributed by atoms with E-state index in [1.807, 2.05) is 13.0 Å². The number of rotatable bonds is 6. The number of aromatic nitrogens is 2. The Labute approximate surface area is 121 Å². The molecule has 1 unspecified atom stereocenters. The van der Waals surface area contributed by atoms with E-state index < -0.39 is 0 Å². The minimum absolute atomic E-state index is 0.547. The van der Waals surface area contributed by atoms with Crippen LogP contribution in [0.15, 0.2) is 6.07 Å². The van der Waals surface area contributed by atoms with E-state index >= 15 is 0 Å². The maximum Gasteiger partial charge on any atom is 0.228 e. The molecule has 0 bridgehead atoms. The summed E-state index contributed by atoms with van der Waals surface area (Å²) >= 11 is 0. The molecule has 5 heteroatoms. The smallest absolute Gasteiger partial charge is 0.228 e. The molecule has 0 spiro atoms. The lowest BCUT2D eigenvalue weighted by atomic mass is 10.0. The highest BCUT2D eigenvalue weighted by atomic mass is 16.5. The monoisotopic (exact) mass is 278 g/mol. The number of aryl methyl sites for hydroxylation is 1. The Morgan fingerprint density at radius 2 is 2.25 bits per heavy atom. The predicted molar refractivity (Wildman–Crippen MR) is 81.5 cm³/mol. The van der Waals surface area contributed by atoms with Gasteiger partial charge in [-0.05, 0) is 32.7 Å². The first-order chi connectivity index (χ1) is 9.72. The molecule has 2 heterocycles. The quantitative estimate of drug-likeness (QED) is 0.864. The highest BCUT2D eigenvalue weighted by molar-refractivity contribution is 5.34. The molecule has 1 saturated heterocycles. The second kappa shape index (κ2) is 7.43. The molecule has 112 valence electrons. The molecule has 0 aliphatic carbocycles. The Morgan fingerprint density at radius 3 is 2.90 bits per heavy atom. The van der Waals surface area contributed by atoms with Gasteiger partial charge in [0.15, 0.2) is 0 Å². The fraction of sp³-hybridized carbons (Fsp3) is 0.733. The molecule has 1 atom stereocenters. The van der Waals surface area contributed by atoms with E-state index in [4.69, 9.17) is 4.74 Å². The van der Waals surface area contributed by atoms with Gasteiger partial charge >= 0.3 is 0 Å². The number of hydrogen-bond donors (Lipinski definition) is 1. The van der Waals surface area contributed by atoms with Gasteiger partial charge in [0.2, 0.25) is 11.8 Å². The van der Waals surface area contributed by atoms with Crippen molar-refractivity contribution in [1.29, 1.82) is 0 Å². The second-order valence-corrected chi connectivity index (χ2v) is 5.44. The molecule has 1 N–H and O–H groups in total. The molecule has 1 aliphatic rings. The van der Waals surface area contributed by atoms with Crippen molar-refractivity contribution < 1.29 is 4.74 Å². The maximum absolute atomic E-state index is 5.26. The van der Waals surface area contributed by atoms with E-state index in [2.05, 4.69) is 27.1 Å². The molecule has 2 rings (SSSR count). The van der Waals surface area contributed by atoms with Crippen molar-refractivity contribution in [3.05, 3.63) is 11.8 Å². The molecule has 1 aromatic heterocycles. The highest BCUT2D eigenvalue weighted by Gasteiger charge is 2.18. The van der Waals surface area contributed by atoms with Crippen molar-refractivity contribution in [2.45, 2.75) is 45.6 Å². The summed E-state index contributed by atoms with van der Waals surface area (Å²) in [7, 11) is 1.65. The van der Waals surface area contributed by atoms with Crippen LogP contribution in [0.2, 0.25) is 0 Å². The van der Waals surface area contributed by atoms with Gasteiger partial charge in [0.25, 0.3) is 0 Å². The Balaban J connectivity index is 2.12. The fourth-order valence-corrected chi connectivity index (χ4v) is 2.66. The van der Waals surface area contributed by atoms with Gasteiger partial charge in [-0.1, -0.05) is 13.3 Å². The van der Waals surface area contributed by atoms with Gasteiger partial charge in [-0.3, -0.25) is 0 Å². The van der Waals surface area contributed by atoms with Crippen LogP contribution in [0.1, 0.15) is 38.3 Å². The Hall–Kier alpha value is -1.36. The lowest BCUT2D eigenvalue weighted by Crippen LogP contribution is -2.44. The highest BCUT2D eigenvalue weighted by Crippen LogP contribution is 2.17. The number of nitrogens with zero attached hydrogens (tertiary/aromatic N) is 3. The molecule has 0 saturated carbocycles. The molecule has 0 amide bonds. The number of hydrogen-bond acceptors (Lipinski definition) is 5. The average molecular weight is 278 g/mol. The zero-order chi connectivity index (χ0) is 14.4. The van der Waals surface area contributed by atoms with E-state index in [9.17, 15) is 0 Å². The molecule has 1 aliphatic heterocycles. The van der Waals surface area contributed by atoms with E-state index in [0.717, 1.165) is 37.7 Å². The zero-order valence-electron chi connectivity index (χ0n) is 12.9. The molecular weight excluding hydrogens is 252 g/mol. The standard InChI is InChI=1S/C15H26N4O/c1-4-9-19(11-13-7-5-6-8-16-13)15-17-12(2)10-14(18-15)20-3/h10,13,16H,4-9,11H2,1-3H3. The van der Waals surface area contributed by atoms with Crippen LogP contribution in [0, 0.1) is 6.92 Å². The van der Waals surface area contributed by atoms with Gasteiger partial charge in [0, 0.05) is 30.9 Å². The number of ether oxygens (including phenoxy) is 1. The molecule has 5 nitrogen and oxygen atoms in total. The van der Waals surface area contributed by atoms with Crippen molar-refractivity contribution in [3.8, 4) is 5.88 Å². The number of anilines is 1. The molecular formula is C15H26N4O. The van der Waals surface area contributed by atoms with Crippen LogP contribution in [0.4, 0.5) is 5.95 Å². The first-order valence-electron chi connectivity index (χ1n) is 7.61. The van der Waals surface area contributed by atoms with Crippen molar-refractivity contribution in [3.63, 3.8) is 0 Å². The summed E-state index contributed by atoms with van der Waals surface area (Å²) in [6.45, 7) is 7.25. The van der Waals surface area contributed by atoms with Crippen molar-refractivity contribution in [1.82, 2.24) is 15.3 Å². The number of nitrogens with one attached hydrogen (secondary N) is 1. The third-order valence-corrected chi connectivity index (χ3v) is 3.66.